The number of aromatic nitrogens is 2. The average molecular weight is 412 g/mol. The molecule has 0 saturated carbocycles. The molecule has 0 radical (unpaired) electrons. The number of hydrogen-bond donors (Lipinski definition) is 1. The summed E-state index contributed by atoms with van der Waals surface area (Å²) in [5.74, 6) is 0.0240. The number of halogens is 2. The van der Waals surface area contributed by atoms with Crippen LogP contribution in [0.5, 0.6) is 0 Å². The Bertz CT molecular complexity index is 1080. The number of nitrogens with zero attached hydrogens (tertiary/aromatic N) is 3. The van der Waals surface area contributed by atoms with Crippen LogP contribution in [-0.2, 0) is 0 Å². The van der Waals surface area contributed by atoms with Crippen LogP contribution < -0.4 is 5.32 Å². The molecule has 0 amide bonds. The molecule has 0 saturated heterocycles. The molecule has 1 unspecified atom stereocenters. The van der Waals surface area contributed by atoms with Crippen LogP contribution in [-0.4, -0.2) is 26.7 Å². The molecule has 0 spiro atoms. The van der Waals surface area contributed by atoms with Crippen molar-refractivity contribution in [1.29, 1.82) is 0 Å². The largest absolute Gasteiger partial charge is 0.351 e. The van der Waals surface area contributed by atoms with Crippen LogP contribution >= 0.6 is 12.2 Å². The molecule has 2 aromatic carbocycles. The van der Waals surface area contributed by atoms with Gasteiger partial charge in [0.2, 0.25) is 5.82 Å². The fourth-order valence-corrected chi connectivity index (χ4v) is 3.78. The molecule has 1 atom stereocenters. The second-order valence-corrected chi connectivity index (χ2v) is 6.99. The molecule has 1 aliphatic rings. The smallest absolute Gasteiger partial charge is 0.258 e. The van der Waals surface area contributed by atoms with Crippen LogP contribution in [0.3, 0.4) is 0 Å². The molecule has 1 N–H and O–H groups in total. The van der Waals surface area contributed by atoms with Crippen molar-refractivity contribution < 1.29 is 13.3 Å². The molecule has 8 heteroatoms. The Balaban J connectivity index is 1.80. The van der Waals surface area contributed by atoms with E-state index in [0.29, 0.717) is 28.9 Å². The van der Waals surface area contributed by atoms with Crippen LogP contribution in [0, 0.1) is 11.6 Å². The third-order valence-corrected chi connectivity index (χ3v) is 5.21. The number of nitrogens with one attached hydrogen (secondary N) is 1. The molecule has 5 nitrogen and oxygen atoms in total. The molecule has 1 aromatic heterocycles. The van der Waals surface area contributed by atoms with E-state index in [1.165, 1.54) is 24.3 Å². The first-order valence-corrected chi connectivity index (χ1v) is 9.53. The van der Waals surface area contributed by atoms with Crippen LogP contribution in [0.25, 0.3) is 17.0 Å². The number of allylic oxidation sites excluding steroid dienone is 1. The Morgan fingerprint density at radius 3 is 2.31 bits per heavy atom. The fraction of sp³-hybridized carbons (Fsp3) is 0.190. The third-order valence-electron chi connectivity index (χ3n) is 4.87. The van der Waals surface area contributed by atoms with E-state index in [2.05, 4.69) is 15.5 Å². The fourth-order valence-electron chi connectivity index (χ4n) is 3.39. The maximum atomic E-state index is 13.4. The molecular weight excluding hydrogens is 394 g/mol. The predicted molar refractivity (Wildman–Crippen MR) is 110 cm³/mol. The van der Waals surface area contributed by atoms with Gasteiger partial charge in [0.1, 0.15) is 11.6 Å². The summed E-state index contributed by atoms with van der Waals surface area (Å²) in [6.07, 6.45) is 0. The predicted octanol–water partition coefficient (Wildman–Crippen LogP) is 4.70. The van der Waals surface area contributed by atoms with Crippen molar-refractivity contribution in [3.8, 4) is 11.4 Å². The topological polar surface area (TPSA) is 54.2 Å². The number of hydrogen-bond acceptors (Lipinski definition) is 4. The van der Waals surface area contributed by atoms with Crippen molar-refractivity contribution in [2.75, 3.05) is 6.54 Å². The molecular formula is C21H18F2N4OS. The summed E-state index contributed by atoms with van der Waals surface area (Å²) >= 11 is 5.51. The summed E-state index contributed by atoms with van der Waals surface area (Å²) in [6.45, 7) is 4.59. The van der Waals surface area contributed by atoms with E-state index < -0.39 is 0 Å². The second kappa shape index (κ2) is 7.71. The van der Waals surface area contributed by atoms with Crippen molar-refractivity contribution in [3.63, 3.8) is 0 Å². The summed E-state index contributed by atoms with van der Waals surface area (Å²) in [5, 5.41) is 7.91. The van der Waals surface area contributed by atoms with Crippen LogP contribution in [0.2, 0.25) is 0 Å². The van der Waals surface area contributed by atoms with Gasteiger partial charge in [0.15, 0.2) is 5.11 Å². The van der Waals surface area contributed by atoms with Gasteiger partial charge in [-0.2, -0.15) is 4.98 Å². The Labute approximate surface area is 172 Å². The van der Waals surface area contributed by atoms with E-state index in [-0.39, 0.29) is 17.7 Å². The van der Waals surface area contributed by atoms with Gasteiger partial charge in [-0.1, -0.05) is 17.3 Å². The Hall–Kier alpha value is -3.13. The highest BCUT2D eigenvalue weighted by Crippen LogP contribution is 2.37. The van der Waals surface area contributed by atoms with Gasteiger partial charge in [-0.15, -0.1) is 0 Å². The van der Waals surface area contributed by atoms with E-state index in [0.717, 1.165) is 16.8 Å². The summed E-state index contributed by atoms with van der Waals surface area (Å²) in [4.78, 5) is 6.47. The van der Waals surface area contributed by atoms with E-state index in [4.69, 9.17) is 16.7 Å². The SMILES string of the molecule is CCN1C(=S)NC(c2ccc(F)cc2)C(c2nc(-c3ccc(F)cc3)no2)=C1C. The van der Waals surface area contributed by atoms with Gasteiger partial charge in [0, 0.05) is 17.8 Å². The number of benzene rings is 2. The zero-order valence-corrected chi connectivity index (χ0v) is 16.6. The minimum absolute atomic E-state index is 0.319. The summed E-state index contributed by atoms with van der Waals surface area (Å²) in [7, 11) is 0. The van der Waals surface area contributed by atoms with Gasteiger partial charge in [-0.3, -0.25) is 0 Å². The molecule has 29 heavy (non-hydrogen) atoms. The van der Waals surface area contributed by atoms with E-state index in [9.17, 15) is 8.78 Å². The van der Waals surface area contributed by atoms with Crippen molar-refractivity contribution >= 4 is 22.9 Å². The lowest BCUT2D eigenvalue weighted by Crippen LogP contribution is -2.45. The normalized spacial score (nSPS) is 16.9. The Kier molecular flexibility index (Phi) is 5.10. The van der Waals surface area contributed by atoms with Crippen LogP contribution in [0.1, 0.15) is 31.3 Å². The van der Waals surface area contributed by atoms with Gasteiger partial charge in [-0.05, 0) is 68.0 Å². The van der Waals surface area contributed by atoms with Gasteiger partial charge >= 0.3 is 0 Å². The second-order valence-electron chi connectivity index (χ2n) is 6.61. The van der Waals surface area contributed by atoms with Crippen molar-refractivity contribution in [3.05, 3.63) is 77.3 Å². The minimum atomic E-state index is -0.368. The van der Waals surface area contributed by atoms with Crippen LogP contribution in [0.15, 0.2) is 58.8 Å². The molecule has 1 aliphatic heterocycles. The zero-order chi connectivity index (χ0) is 20.5. The van der Waals surface area contributed by atoms with Crippen LogP contribution in [0.4, 0.5) is 8.78 Å². The van der Waals surface area contributed by atoms with Gasteiger partial charge < -0.3 is 14.7 Å². The van der Waals surface area contributed by atoms with E-state index in [1.54, 1.807) is 24.3 Å². The van der Waals surface area contributed by atoms with Gasteiger partial charge in [-0.25, -0.2) is 8.78 Å². The molecule has 0 bridgehead atoms. The van der Waals surface area contributed by atoms with Crippen molar-refractivity contribution in [2.45, 2.75) is 19.9 Å². The third kappa shape index (κ3) is 3.63. The highest BCUT2D eigenvalue weighted by atomic mass is 32.1. The maximum Gasteiger partial charge on any atom is 0.258 e. The summed E-state index contributed by atoms with van der Waals surface area (Å²) in [6, 6.07) is 11.7. The first-order valence-electron chi connectivity index (χ1n) is 9.12. The molecule has 0 fully saturated rings. The first-order chi connectivity index (χ1) is 14.0. The minimum Gasteiger partial charge on any atom is -0.351 e. The lowest BCUT2D eigenvalue weighted by atomic mass is 9.95. The summed E-state index contributed by atoms with van der Waals surface area (Å²) < 4.78 is 32.2. The highest BCUT2D eigenvalue weighted by molar-refractivity contribution is 7.80. The van der Waals surface area contributed by atoms with E-state index in [1.807, 2.05) is 18.7 Å². The average Bonchev–Trinajstić information content (AvgIpc) is 3.18. The van der Waals surface area contributed by atoms with Crippen molar-refractivity contribution in [2.24, 2.45) is 0 Å². The van der Waals surface area contributed by atoms with Crippen molar-refractivity contribution in [1.82, 2.24) is 20.4 Å². The zero-order valence-electron chi connectivity index (χ0n) is 15.8. The Morgan fingerprint density at radius 2 is 1.69 bits per heavy atom. The van der Waals surface area contributed by atoms with Gasteiger partial charge in [0.05, 0.1) is 11.6 Å². The van der Waals surface area contributed by atoms with E-state index >= 15 is 0 Å². The van der Waals surface area contributed by atoms with Gasteiger partial charge in [0.25, 0.3) is 5.89 Å². The maximum absolute atomic E-state index is 13.4. The standard InChI is InChI=1S/C21H18F2N4OS/c1-3-27-12(2)17(18(24-21(27)29)13-4-8-15(22)9-5-13)20-25-19(26-28-20)14-6-10-16(23)11-7-14/h4-11,18H,3H2,1-2H3,(H,24,29). The molecule has 2 heterocycles. The quantitative estimate of drug-likeness (QED) is 0.627. The monoisotopic (exact) mass is 412 g/mol. The lowest BCUT2D eigenvalue weighted by Gasteiger charge is -2.36. The number of rotatable bonds is 4. The molecule has 4 rings (SSSR count). The first kappa shape index (κ1) is 19.2. The molecule has 148 valence electrons. The summed E-state index contributed by atoms with van der Waals surface area (Å²) in [5.41, 5.74) is 3.10. The number of thiocarbonyl (C=S) groups is 1. The highest BCUT2D eigenvalue weighted by Gasteiger charge is 2.33. The molecule has 0 aliphatic carbocycles. The lowest BCUT2D eigenvalue weighted by molar-refractivity contribution is 0.398. The molecule has 3 aromatic rings. The Morgan fingerprint density at radius 1 is 1.07 bits per heavy atom.